The van der Waals surface area contributed by atoms with Gasteiger partial charge in [-0.2, -0.15) is 0 Å². The third kappa shape index (κ3) is 4.79. The predicted molar refractivity (Wildman–Crippen MR) is 122 cm³/mol. The lowest BCUT2D eigenvalue weighted by Gasteiger charge is -2.28. The average molecular weight is 420 g/mol. The van der Waals surface area contributed by atoms with Crippen LogP contribution in [0.25, 0.3) is 0 Å². The maximum absolute atomic E-state index is 11.6. The van der Waals surface area contributed by atoms with E-state index in [1.807, 2.05) is 49.4 Å². The van der Waals surface area contributed by atoms with Gasteiger partial charge in [0.25, 0.3) is 5.69 Å². The van der Waals surface area contributed by atoms with Gasteiger partial charge in [-0.05, 0) is 54.5 Å². The number of anilines is 3. The monoisotopic (exact) mass is 420 g/mol. The molecule has 3 aromatic rings. The number of thiocarbonyl (C=S) groups is 1. The average Bonchev–Trinajstić information content (AvgIpc) is 2.69. The summed E-state index contributed by atoms with van der Waals surface area (Å²) in [5.74, 6) is -0.468. The highest BCUT2D eigenvalue weighted by Gasteiger charge is 2.21. The van der Waals surface area contributed by atoms with Crippen LogP contribution in [0.1, 0.15) is 11.1 Å². The summed E-state index contributed by atoms with van der Waals surface area (Å²) in [4.78, 5) is 24.3. The molecule has 3 aromatic carbocycles. The highest BCUT2D eigenvalue weighted by atomic mass is 32.1. The lowest BCUT2D eigenvalue weighted by atomic mass is 10.1. The van der Waals surface area contributed by atoms with Crippen molar-refractivity contribution in [3.8, 4) is 0 Å². The van der Waals surface area contributed by atoms with Crippen molar-refractivity contribution in [2.45, 2.75) is 13.3 Å². The number of hydrogen-bond acceptors (Lipinski definition) is 4. The Labute approximate surface area is 179 Å². The van der Waals surface area contributed by atoms with Crippen molar-refractivity contribution in [3.63, 3.8) is 0 Å². The van der Waals surface area contributed by atoms with E-state index in [2.05, 4.69) is 5.32 Å². The summed E-state index contributed by atoms with van der Waals surface area (Å²) in [5.41, 5.74) is 8.74. The first-order valence-electron chi connectivity index (χ1n) is 9.14. The number of aryl methyl sites for hydroxylation is 1. The summed E-state index contributed by atoms with van der Waals surface area (Å²) < 4.78 is 0. The molecule has 1 amide bonds. The number of nitro groups is 1. The molecule has 0 heterocycles. The minimum absolute atomic E-state index is 0.0343. The fourth-order valence-corrected chi connectivity index (χ4v) is 3.42. The third-order valence-corrected chi connectivity index (χ3v) is 4.69. The minimum atomic E-state index is -0.469. The molecule has 0 fully saturated rings. The zero-order valence-corrected chi connectivity index (χ0v) is 17.1. The van der Waals surface area contributed by atoms with Crippen molar-refractivity contribution in [2.75, 3.05) is 10.2 Å². The standard InChI is InChI=1S/C22H20N4O3S/c1-15-7-6-9-17(13-15)25(19-11-4-2-8-16(19)14-21(23)27)22(30)24-18-10-3-5-12-20(18)26(28)29/h2-13H,14H2,1H3,(H2,23,27)(H,24,30). The maximum Gasteiger partial charge on any atom is 0.292 e. The lowest BCUT2D eigenvalue weighted by molar-refractivity contribution is -0.383. The molecule has 0 aliphatic heterocycles. The third-order valence-electron chi connectivity index (χ3n) is 4.40. The largest absolute Gasteiger partial charge is 0.369 e. The molecule has 0 radical (unpaired) electrons. The molecule has 3 N–H and O–H groups in total. The summed E-state index contributed by atoms with van der Waals surface area (Å²) in [7, 11) is 0. The first-order valence-corrected chi connectivity index (χ1v) is 9.55. The van der Waals surface area contributed by atoms with Gasteiger partial charge in [0.1, 0.15) is 5.69 Å². The number of benzene rings is 3. The van der Waals surface area contributed by atoms with E-state index in [9.17, 15) is 14.9 Å². The number of amides is 1. The molecule has 3 rings (SSSR count). The fourth-order valence-electron chi connectivity index (χ4n) is 3.11. The highest BCUT2D eigenvalue weighted by Crippen LogP contribution is 2.32. The molecule has 0 spiro atoms. The van der Waals surface area contributed by atoms with Gasteiger partial charge >= 0.3 is 0 Å². The Morgan fingerprint density at radius 3 is 2.50 bits per heavy atom. The molecule has 7 nitrogen and oxygen atoms in total. The predicted octanol–water partition coefficient (Wildman–Crippen LogP) is 4.47. The number of carbonyl (C=O) groups is 1. The van der Waals surface area contributed by atoms with E-state index in [-0.39, 0.29) is 22.9 Å². The van der Waals surface area contributed by atoms with E-state index in [0.717, 1.165) is 11.3 Å². The van der Waals surface area contributed by atoms with Crippen LogP contribution in [0, 0.1) is 17.0 Å². The summed E-state index contributed by atoms with van der Waals surface area (Å²) in [6.45, 7) is 1.95. The van der Waals surface area contributed by atoms with E-state index in [0.29, 0.717) is 11.3 Å². The van der Waals surface area contributed by atoms with Crippen LogP contribution < -0.4 is 16.0 Å². The van der Waals surface area contributed by atoms with Crippen LogP contribution in [0.15, 0.2) is 72.8 Å². The second kappa shape index (κ2) is 9.15. The number of nitrogens with zero attached hydrogens (tertiary/aromatic N) is 2. The second-order valence-corrected chi connectivity index (χ2v) is 7.04. The van der Waals surface area contributed by atoms with Gasteiger partial charge in [0, 0.05) is 11.8 Å². The molecule has 30 heavy (non-hydrogen) atoms. The molecule has 0 aliphatic carbocycles. The molecule has 0 bridgehead atoms. The van der Waals surface area contributed by atoms with Crippen LogP contribution in [0.4, 0.5) is 22.7 Å². The van der Waals surface area contributed by atoms with Gasteiger partial charge in [0.15, 0.2) is 5.11 Å². The van der Waals surface area contributed by atoms with Crippen molar-refractivity contribution >= 4 is 46.0 Å². The van der Waals surface area contributed by atoms with Gasteiger partial charge < -0.3 is 11.1 Å². The quantitative estimate of drug-likeness (QED) is 0.347. The highest BCUT2D eigenvalue weighted by molar-refractivity contribution is 7.80. The number of hydrogen-bond donors (Lipinski definition) is 2. The van der Waals surface area contributed by atoms with Crippen molar-refractivity contribution in [2.24, 2.45) is 5.73 Å². The van der Waals surface area contributed by atoms with E-state index < -0.39 is 10.8 Å². The van der Waals surface area contributed by atoms with Crippen molar-refractivity contribution in [1.82, 2.24) is 0 Å². The van der Waals surface area contributed by atoms with Crippen LogP contribution in [-0.2, 0) is 11.2 Å². The fraction of sp³-hybridized carbons (Fsp3) is 0.0909. The molecule has 0 aromatic heterocycles. The van der Waals surface area contributed by atoms with Crippen molar-refractivity contribution in [3.05, 3.63) is 94.0 Å². The van der Waals surface area contributed by atoms with Crippen LogP contribution in [0.5, 0.6) is 0 Å². The number of primary amides is 1. The van der Waals surface area contributed by atoms with Crippen LogP contribution in [0.2, 0.25) is 0 Å². The van der Waals surface area contributed by atoms with E-state index >= 15 is 0 Å². The second-order valence-electron chi connectivity index (χ2n) is 6.65. The van der Waals surface area contributed by atoms with Crippen molar-refractivity contribution in [1.29, 1.82) is 0 Å². The molecule has 0 saturated carbocycles. The Hall–Kier alpha value is -3.78. The molecule has 0 atom stereocenters. The van der Waals surface area contributed by atoms with E-state index in [1.54, 1.807) is 29.2 Å². The van der Waals surface area contributed by atoms with Gasteiger partial charge in [-0.3, -0.25) is 19.8 Å². The zero-order valence-electron chi connectivity index (χ0n) is 16.2. The van der Waals surface area contributed by atoms with Crippen molar-refractivity contribution < 1.29 is 9.72 Å². The number of rotatable bonds is 6. The number of nitrogens with two attached hydrogens (primary N) is 1. The molecule has 0 unspecified atom stereocenters. The SMILES string of the molecule is Cc1cccc(N(C(=S)Nc2ccccc2[N+](=O)[O-])c2ccccc2CC(N)=O)c1. The Morgan fingerprint density at radius 2 is 1.80 bits per heavy atom. The number of para-hydroxylation sites is 3. The van der Waals surface area contributed by atoms with Gasteiger partial charge in [0.05, 0.1) is 17.0 Å². The summed E-state index contributed by atoms with van der Waals surface area (Å²) in [6.07, 6.45) is 0.0343. The van der Waals surface area contributed by atoms with E-state index in [1.165, 1.54) is 6.07 Å². The lowest BCUT2D eigenvalue weighted by Crippen LogP contribution is -2.32. The molecular weight excluding hydrogens is 400 g/mol. The van der Waals surface area contributed by atoms with Gasteiger partial charge in [-0.25, -0.2) is 0 Å². The Kier molecular flexibility index (Phi) is 6.38. The molecule has 0 saturated heterocycles. The van der Waals surface area contributed by atoms with Crippen LogP contribution >= 0.6 is 12.2 Å². The summed E-state index contributed by atoms with van der Waals surface area (Å²) >= 11 is 5.66. The summed E-state index contributed by atoms with van der Waals surface area (Å²) in [6, 6.07) is 21.2. The molecule has 152 valence electrons. The molecule has 8 heteroatoms. The first kappa shape index (κ1) is 20.9. The normalized spacial score (nSPS) is 10.3. The smallest absolute Gasteiger partial charge is 0.292 e. The molecule has 0 aliphatic rings. The van der Waals surface area contributed by atoms with Gasteiger partial charge in [-0.15, -0.1) is 0 Å². The number of nitro benzene ring substituents is 1. The maximum atomic E-state index is 11.6. The Bertz CT molecular complexity index is 1120. The Morgan fingerprint density at radius 1 is 1.10 bits per heavy atom. The van der Waals surface area contributed by atoms with Crippen LogP contribution in [0.3, 0.4) is 0 Å². The van der Waals surface area contributed by atoms with Gasteiger partial charge in [0.2, 0.25) is 5.91 Å². The van der Waals surface area contributed by atoms with E-state index in [4.69, 9.17) is 18.0 Å². The Balaban J connectivity index is 2.09. The number of carbonyl (C=O) groups excluding carboxylic acids is 1. The van der Waals surface area contributed by atoms with Gasteiger partial charge in [-0.1, -0.05) is 42.5 Å². The summed E-state index contributed by atoms with van der Waals surface area (Å²) in [5, 5.41) is 14.6. The van der Waals surface area contributed by atoms with Crippen LogP contribution in [-0.4, -0.2) is 15.9 Å². The molecular formula is C22H20N4O3S. The topological polar surface area (TPSA) is 102 Å². The zero-order chi connectivity index (χ0) is 21.7. The minimum Gasteiger partial charge on any atom is -0.369 e. The first-order chi connectivity index (χ1) is 14.4. The number of nitrogens with one attached hydrogen (secondary N) is 1.